The lowest BCUT2D eigenvalue weighted by atomic mass is 9.78. The average Bonchev–Trinajstić information content (AvgIpc) is 2.60. The summed E-state index contributed by atoms with van der Waals surface area (Å²) in [6, 6.07) is 0. The van der Waals surface area contributed by atoms with Gasteiger partial charge >= 0.3 is 7.12 Å². The Morgan fingerprint density at radius 2 is 2.27 bits per heavy atom. The van der Waals surface area contributed by atoms with E-state index < -0.39 is 7.12 Å². The summed E-state index contributed by atoms with van der Waals surface area (Å²) in [6.45, 7) is 5.30. The molecule has 2 N–H and O–H groups in total. The van der Waals surface area contributed by atoms with Gasteiger partial charge in [0.05, 0.1) is 6.61 Å². The van der Waals surface area contributed by atoms with Crippen molar-refractivity contribution in [2.45, 2.75) is 26.1 Å². The van der Waals surface area contributed by atoms with Crippen LogP contribution in [-0.4, -0.2) is 30.4 Å². The van der Waals surface area contributed by atoms with Gasteiger partial charge in [-0.2, -0.15) is 0 Å². The summed E-state index contributed by atoms with van der Waals surface area (Å²) in [5, 5.41) is 17.7. The number of hydrogen-bond donors (Lipinski definition) is 2. The van der Waals surface area contributed by atoms with Crippen molar-refractivity contribution in [1.82, 2.24) is 0 Å². The van der Waals surface area contributed by atoms with E-state index in [1.54, 1.807) is 0 Å². The fraction of sp³-hybridized carbons (Fsp3) is 1.00. The molecule has 0 aromatic rings. The third kappa shape index (κ3) is 1.95. The van der Waals surface area contributed by atoms with Gasteiger partial charge in [-0.1, -0.05) is 6.92 Å². The molecular formula is C7H15BO3. The topological polar surface area (TPSA) is 49.7 Å². The normalized spacial score (nSPS) is 35.5. The zero-order valence-corrected chi connectivity index (χ0v) is 7.08. The molecule has 1 rings (SSSR count). The van der Waals surface area contributed by atoms with Crippen LogP contribution in [0.5, 0.6) is 0 Å². The van der Waals surface area contributed by atoms with Crippen molar-refractivity contribution in [3.8, 4) is 0 Å². The Morgan fingerprint density at radius 1 is 1.64 bits per heavy atom. The van der Waals surface area contributed by atoms with Crippen LogP contribution < -0.4 is 0 Å². The van der Waals surface area contributed by atoms with Gasteiger partial charge in [-0.3, -0.25) is 0 Å². The Morgan fingerprint density at radius 3 is 2.64 bits per heavy atom. The summed E-state index contributed by atoms with van der Waals surface area (Å²) >= 11 is 0. The molecule has 0 bridgehead atoms. The van der Waals surface area contributed by atoms with E-state index in [-0.39, 0.29) is 11.2 Å². The Kier molecular flexibility index (Phi) is 2.57. The van der Waals surface area contributed by atoms with Gasteiger partial charge in [0.1, 0.15) is 0 Å². The third-order valence-corrected chi connectivity index (χ3v) is 2.42. The minimum Gasteiger partial charge on any atom is -0.427 e. The first kappa shape index (κ1) is 9.04. The molecule has 4 heteroatoms. The van der Waals surface area contributed by atoms with Crippen molar-refractivity contribution in [2.24, 2.45) is 5.41 Å². The maximum atomic E-state index is 8.83. The highest BCUT2D eigenvalue weighted by Crippen LogP contribution is 2.58. The van der Waals surface area contributed by atoms with Crippen LogP contribution in [0, 0.1) is 5.41 Å². The predicted octanol–water partition coefficient (Wildman–Crippen LogP) is 0.276. The quantitative estimate of drug-likeness (QED) is 0.577. The van der Waals surface area contributed by atoms with Crippen molar-refractivity contribution >= 4 is 7.12 Å². The summed E-state index contributed by atoms with van der Waals surface area (Å²) in [4.78, 5) is 0. The number of ether oxygens (including phenoxy) is 1. The Balaban J connectivity index is 2.25. The summed E-state index contributed by atoms with van der Waals surface area (Å²) in [5.41, 5.74) is 0.0180. The summed E-state index contributed by atoms with van der Waals surface area (Å²) < 4.78 is 5.22. The van der Waals surface area contributed by atoms with Crippen LogP contribution in [0.2, 0.25) is 5.82 Å². The summed E-state index contributed by atoms with van der Waals surface area (Å²) in [5.74, 6) is 0.0223. The van der Waals surface area contributed by atoms with Gasteiger partial charge in [0, 0.05) is 12.4 Å². The highest BCUT2D eigenvalue weighted by Gasteiger charge is 2.55. The lowest BCUT2D eigenvalue weighted by Crippen LogP contribution is -2.18. The van der Waals surface area contributed by atoms with E-state index in [4.69, 9.17) is 14.8 Å². The van der Waals surface area contributed by atoms with E-state index in [9.17, 15) is 0 Å². The fourth-order valence-corrected chi connectivity index (χ4v) is 1.41. The first-order valence-electron chi connectivity index (χ1n) is 4.04. The largest absolute Gasteiger partial charge is 0.455 e. The van der Waals surface area contributed by atoms with Gasteiger partial charge in [0.25, 0.3) is 0 Å². The van der Waals surface area contributed by atoms with E-state index in [1.165, 1.54) is 0 Å². The van der Waals surface area contributed by atoms with Gasteiger partial charge in [0.2, 0.25) is 0 Å². The zero-order valence-electron chi connectivity index (χ0n) is 7.08. The first-order valence-corrected chi connectivity index (χ1v) is 4.04. The predicted molar refractivity (Wildman–Crippen MR) is 43.2 cm³/mol. The molecule has 64 valence electrons. The zero-order chi connectivity index (χ0) is 8.48. The van der Waals surface area contributed by atoms with E-state index >= 15 is 0 Å². The van der Waals surface area contributed by atoms with Gasteiger partial charge in [-0.15, -0.1) is 0 Å². The van der Waals surface area contributed by atoms with Crippen molar-refractivity contribution in [1.29, 1.82) is 0 Å². The average molecular weight is 158 g/mol. The lowest BCUT2D eigenvalue weighted by molar-refractivity contribution is 0.106. The van der Waals surface area contributed by atoms with E-state index in [0.717, 1.165) is 6.42 Å². The molecule has 0 aromatic carbocycles. The first-order chi connectivity index (χ1) is 5.10. The monoisotopic (exact) mass is 158 g/mol. The van der Waals surface area contributed by atoms with E-state index in [0.29, 0.717) is 13.2 Å². The van der Waals surface area contributed by atoms with Gasteiger partial charge in [0.15, 0.2) is 0 Å². The maximum absolute atomic E-state index is 8.83. The van der Waals surface area contributed by atoms with Gasteiger partial charge in [-0.25, -0.2) is 0 Å². The summed E-state index contributed by atoms with van der Waals surface area (Å²) in [6.07, 6.45) is 0.866. The highest BCUT2D eigenvalue weighted by molar-refractivity contribution is 6.44. The SMILES string of the molecule is CCOC[C@@]1(C)C[C@@H]1B(O)O. The Labute approximate surface area is 67.5 Å². The second-order valence-electron chi connectivity index (χ2n) is 3.52. The molecule has 2 atom stereocenters. The van der Waals surface area contributed by atoms with Crippen LogP contribution in [0.25, 0.3) is 0 Å². The molecule has 0 radical (unpaired) electrons. The van der Waals surface area contributed by atoms with E-state index in [1.807, 2.05) is 13.8 Å². The van der Waals surface area contributed by atoms with Crippen LogP contribution in [0.1, 0.15) is 20.3 Å². The molecule has 1 aliphatic carbocycles. The van der Waals surface area contributed by atoms with Crippen LogP contribution in [-0.2, 0) is 4.74 Å². The van der Waals surface area contributed by atoms with Crippen molar-refractivity contribution in [3.05, 3.63) is 0 Å². The van der Waals surface area contributed by atoms with E-state index in [2.05, 4.69) is 0 Å². The fourth-order valence-electron chi connectivity index (χ4n) is 1.41. The molecule has 0 aromatic heterocycles. The minimum atomic E-state index is -1.17. The highest BCUT2D eigenvalue weighted by atomic mass is 16.5. The van der Waals surface area contributed by atoms with Gasteiger partial charge < -0.3 is 14.8 Å². The molecule has 0 unspecified atom stereocenters. The van der Waals surface area contributed by atoms with Crippen LogP contribution in [0.4, 0.5) is 0 Å². The minimum absolute atomic E-state index is 0.0180. The standard InChI is InChI=1S/C7H15BO3/c1-3-11-5-7(2)4-6(7)8(9)10/h6,9-10H,3-5H2,1-2H3/t6-,7+/m0/s1. The molecule has 0 heterocycles. The van der Waals surface area contributed by atoms with Crippen molar-refractivity contribution < 1.29 is 14.8 Å². The second-order valence-corrected chi connectivity index (χ2v) is 3.52. The number of hydrogen-bond acceptors (Lipinski definition) is 3. The Bertz CT molecular complexity index is 140. The molecule has 0 spiro atoms. The molecule has 0 saturated heterocycles. The lowest BCUT2D eigenvalue weighted by Gasteiger charge is -2.09. The number of rotatable bonds is 4. The second kappa shape index (κ2) is 3.13. The van der Waals surface area contributed by atoms with Crippen LogP contribution >= 0.6 is 0 Å². The van der Waals surface area contributed by atoms with Crippen LogP contribution in [0.15, 0.2) is 0 Å². The molecule has 1 saturated carbocycles. The van der Waals surface area contributed by atoms with Crippen molar-refractivity contribution in [2.75, 3.05) is 13.2 Å². The molecule has 1 aliphatic rings. The molecule has 0 amide bonds. The maximum Gasteiger partial charge on any atom is 0.455 e. The third-order valence-electron chi connectivity index (χ3n) is 2.42. The van der Waals surface area contributed by atoms with Gasteiger partial charge in [-0.05, 0) is 18.8 Å². The molecule has 3 nitrogen and oxygen atoms in total. The summed E-state index contributed by atoms with van der Waals surface area (Å²) in [7, 11) is -1.17. The van der Waals surface area contributed by atoms with Crippen molar-refractivity contribution in [3.63, 3.8) is 0 Å². The molecule has 11 heavy (non-hydrogen) atoms. The van der Waals surface area contributed by atoms with Crippen LogP contribution in [0.3, 0.4) is 0 Å². The smallest absolute Gasteiger partial charge is 0.427 e. The molecule has 0 aliphatic heterocycles. The Hall–Kier alpha value is -0.0551. The molecular weight excluding hydrogens is 143 g/mol. The molecule has 1 fully saturated rings.